The van der Waals surface area contributed by atoms with E-state index in [1.165, 1.54) is 34.6 Å². The molecule has 0 spiro atoms. The molecule has 0 aliphatic rings. The summed E-state index contributed by atoms with van der Waals surface area (Å²) in [5.41, 5.74) is 5.61. The van der Waals surface area contributed by atoms with Gasteiger partial charge in [0, 0.05) is 0 Å². The van der Waals surface area contributed by atoms with Crippen molar-refractivity contribution in [2.45, 2.75) is 25.7 Å². The van der Waals surface area contributed by atoms with Crippen molar-refractivity contribution in [3.63, 3.8) is 0 Å². The minimum Gasteiger partial charge on any atom is -0.496 e. The number of ether oxygens (including phenoxy) is 2. The van der Waals surface area contributed by atoms with Gasteiger partial charge in [0.15, 0.2) is 0 Å². The molecule has 0 atom stereocenters. The lowest BCUT2D eigenvalue weighted by molar-refractivity contribution is 0.0597. The Bertz CT molecular complexity index is 1210. The van der Waals surface area contributed by atoms with Crippen molar-refractivity contribution < 1.29 is 14.3 Å². The molecule has 0 N–H and O–H groups in total. The molecule has 4 aromatic rings. The van der Waals surface area contributed by atoms with E-state index in [2.05, 4.69) is 66.7 Å². The third kappa shape index (κ3) is 5.17. The van der Waals surface area contributed by atoms with E-state index in [0.717, 1.165) is 31.2 Å². The molecule has 4 rings (SSSR count). The maximum absolute atomic E-state index is 11.8. The molecule has 0 aromatic heterocycles. The van der Waals surface area contributed by atoms with Gasteiger partial charge in [0.2, 0.25) is 0 Å². The number of esters is 1. The zero-order valence-electron chi connectivity index (χ0n) is 18.6. The molecular formula is C29H28O3. The average Bonchev–Trinajstić information content (AvgIpc) is 2.86. The molecule has 162 valence electrons. The summed E-state index contributed by atoms with van der Waals surface area (Å²) < 4.78 is 10.2. The van der Waals surface area contributed by atoms with Gasteiger partial charge in [-0.1, -0.05) is 72.8 Å². The highest BCUT2D eigenvalue weighted by atomic mass is 16.5. The number of methoxy groups -OCH3 is 2. The molecule has 0 unspecified atom stereocenters. The van der Waals surface area contributed by atoms with Crippen LogP contribution in [0.5, 0.6) is 5.75 Å². The first-order chi connectivity index (χ1) is 15.7. The Morgan fingerprint density at radius 2 is 1.16 bits per heavy atom. The summed E-state index contributed by atoms with van der Waals surface area (Å²) in [6.45, 7) is 0. The molecule has 3 nitrogen and oxygen atoms in total. The lowest BCUT2D eigenvalue weighted by Gasteiger charge is -2.10. The fourth-order valence-corrected chi connectivity index (χ4v) is 4.01. The van der Waals surface area contributed by atoms with Crippen LogP contribution < -0.4 is 4.74 Å². The number of carbonyl (C=O) groups excluding carboxylic acids is 1. The molecule has 3 heteroatoms. The summed E-state index contributed by atoms with van der Waals surface area (Å²) in [5, 5.41) is 2.59. The van der Waals surface area contributed by atoms with Gasteiger partial charge in [0.05, 0.1) is 14.2 Å². The number of carbonyl (C=O) groups is 1. The van der Waals surface area contributed by atoms with Gasteiger partial charge >= 0.3 is 5.97 Å². The summed E-state index contributed by atoms with van der Waals surface area (Å²) >= 11 is 0. The van der Waals surface area contributed by atoms with Crippen molar-refractivity contribution >= 4 is 16.7 Å². The zero-order chi connectivity index (χ0) is 22.3. The van der Waals surface area contributed by atoms with Gasteiger partial charge in [-0.05, 0) is 70.8 Å². The Kier molecular flexibility index (Phi) is 6.86. The normalized spacial score (nSPS) is 10.8. The topological polar surface area (TPSA) is 35.5 Å². The lowest BCUT2D eigenvalue weighted by Crippen LogP contribution is -2.05. The van der Waals surface area contributed by atoms with E-state index in [9.17, 15) is 4.79 Å². The highest BCUT2D eigenvalue weighted by molar-refractivity contribution is 5.92. The number of hydrogen-bond acceptors (Lipinski definition) is 3. The minimum absolute atomic E-state index is 0.382. The molecule has 4 aromatic carbocycles. The number of aryl methyl sites for hydroxylation is 4. The smallest absolute Gasteiger partial charge is 0.341 e. The second-order valence-electron chi connectivity index (χ2n) is 8.02. The van der Waals surface area contributed by atoms with Gasteiger partial charge in [-0.15, -0.1) is 0 Å². The van der Waals surface area contributed by atoms with E-state index >= 15 is 0 Å². The lowest BCUT2D eigenvalue weighted by atomic mass is 9.98. The van der Waals surface area contributed by atoms with Crippen LogP contribution in [0, 0.1) is 0 Å². The summed E-state index contributed by atoms with van der Waals surface area (Å²) in [6.07, 6.45) is 3.89. The largest absolute Gasteiger partial charge is 0.496 e. The van der Waals surface area contributed by atoms with Crippen LogP contribution in [0.15, 0.2) is 84.9 Å². The van der Waals surface area contributed by atoms with Crippen molar-refractivity contribution in [2.24, 2.45) is 0 Å². The zero-order valence-corrected chi connectivity index (χ0v) is 18.6. The number of rotatable bonds is 8. The van der Waals surface area contributed by atoms with Gasteiger partial charge in [-0.3, -0.25) is 0 Å². The van der Waals surface area contributed by atoms with Crippen LogP contribution in [0.1, 0.15) is 32.6 Å². The Labute approximate surface area is 189 Å². The van der Waals surface area contributed by atoms with Crippen LogP contribution >= 0.6 is 0 Å². The Morgan fingerprint density at radius 3 is 1.78 bits per heavy atom. The molecule has 0 aliphatic carbocycles. The Morgan fingerprint density at radius 1 is 0.625 bits per heavy atom. The fraction of sp³-hybridized carbons (Fsp3) is 0.207. The van der Waals surface area contributed by atoms with Crippen LogP contribution in [0.4, 0.5) is 0 Å². The third-order valence-corrected chi connectivity index (χ3v) is 5.91. The van der Waals surface area contributed by atoms with Crippen molar-refractivity contribution in [1.82, 2.24) is 0 Å². The first kappa shape index (κ1) is 21.6. The van der Waals surface area contributed by atoms with Gasteiger partial charge in [0.25, 0.3) is 0 Å². The summed E-state index contributed by atoms with van der Waals surface area (Å²) in [7, 11) is 2.95. The summed E-state index contributed by atoms with van der Waals surface area (Å²) in [5.74, 6) is 0.172. The van der Waals surface area contributed by atoms with Crippen molar-refractivity contribution in [3.05, 3.63) is 113 Å². The third-order valence-electron chi connectivity index (χ3n) is 5.91. The minimum atomic E-state index is -0.382. The highest BCUT2D eigenvalue weighted by Crippen LogP contribution is 2.22. The van der Waals surface area contributed by atoms with E-state index < -0.39 is 0 Å². The second kappa shape index (κ2) is 10.1. The monoisotopic (exact) mass is 424 g/mol. The standard InChI is InChI=1S/C29H28O3/c1-31-28-20-24(16-18-27(28)29(30)32-2)14-12-22-9-7-21(8-10-22)11-13-23-15-17-25-5-3-4-6-26(25)19-23/h3-10,15-20H,11-14H2,1-2H3. The van der Waals surface area contributed by atoms with Crippen LogP contribution in [-0.4, -0.2) is 20.2 Å². The van der Waals surface area contributed by atoms with Crippen LogP contribution in [-0.2, 0) is 30.4 Å². The van der Waals surface area contributed by atoms with Gasteiger partial charge in [0.1, 0.15) is 11.3 Å². The first-order valence-electron chi connectivity index (χ1n) is 11.0. The first-order valence-corrected chi connectivity index (χ1v) is 11.0. The van der Waals surface area contributed by atoms with E-state index in [0.29, 0.717) is 11.3 Å². The molecule has 0 radical (unpaired) electrons. The molecule has 0 saturated heterocycles. The van der Waals surface area contributed by atoms with E-state index in [4.69, 9.17) is 9.47 Å². The molecule has 0 bridgehead atoms. The Balaban J connectivity index is 1.34. The van der Waals surface area contributed by atoms with Crippen LogP contribution in [0.3, 0.4) is 0 Å². The molecule has 0 fully saturated rings. The second-order valence-corrected chi connectivity index (χ2v) is 8.02. The highest BCUT2D eigenvalue weighted by Gasteiger charge is 2.13. The number of hydrogen-bond donors (Lipinski definition) is 0. The maximum Gasteiger partial charge on any atom is 0.341 e. The number of benzene rings is 4. The quantitative estimate of drug-likeness (QED) is 0.316. The molecule has 32 heavy (non-hydrogen) atoms. The molecular weight excluding hydrogens is 396 g/mol. The maximum atomic E-state index is 11.8. The molecule has 0 saturated carbocycles. The van der Waals surface area contributed by atoms with E-state index in [-0.39, 0.29) is 5.97 Å². The average molecular weight is 425 g/mol. The number of fused-ring (bicyclic) bond motifs is 1. The van der Waals surface area contributed by atoms with E-state index in [1.807, 2.05) is 12.1 Å². The Hall–Kier alpha value is -3.59. The van der Waals surface area contributed by atoms with Gasteiger partial charge < -0.3 is 9.47 Å². The van der Waals surface area contributed by atoms with Gasteiger partial charge in [-0.2, -0.15) is 0 Å². The van der Waals surface area contributed by atoms with Crippen molar-refractivity contribution in [3.8, 4) is 5.75 Å². The summed E-state index contributed by atoms with van der Waals surface area (Å²) in [6, 6.07) is 29.8. The van der Waals surface area contributed by atoms with Crippen LogP contribution in [0.2, 0.25) is 0 Å². The van der Waals surface area contributed by atoms with Crippen molar-refractivity contribution in [2.75, 3.05) is 14.2 Å². The molecule has 0 heterocycles. The molecule has 0 amide bonds. The van der Waals surface area contributed by atoms with Gasteiger partial charge in [-0.25, -0.2) is 4.79 Å². The van der Waals surface area contributed by atoms with Crippen molar-refractivity contribution in [1.29, 1.82) is 0 Å². The van der Waals surface area contributed by atoms with Crippen LogP contribution in [0.25, 0.3) is 10.8 Å². The predicted molar refractivity (Wildman–Crippen MR) is 130 cm³/mol. The SMILES string of the molecule is COC(=O)c1ccc(CCc2ccc(CCc3ccc4ccccc4c3)cc2)cc1OC. The van der Waals surface area contributed by atoms with E-state index in [1.54, 1.807) is 13.2 Å². The predicted octanol–water partition coefficient (Wildman–Crippen LogP) is 6.21. The fourth-order valence-electron chi connectivity index (χ4n) is 4.01. The molecule has 0 aliphatic heterocycles. The summed E-state index contributed by atoms with van der Waals surface area (Å²) in [4.78, 5) is 11.8.